The molecule has 0 bridgehead atoms. The van der Waals surface area contributed by atoms with Crippen molar-refractivity contribution in [3.63, 3.8) is 0 Å². The molecule has 2 unspecified atom stereocenters. The fourth-order valence-corrected chi connectivity index (χ4v) is 7.37. The molecule has 0 radical (unpaired) electrons. The maximum absolute atomic E-state index is 14.3. The molecule has 2 atom stereocenters. The number of halogens is 4. The van der Waals surface area contributed by atoms with Crippen molar-refractivity contribution in [3.05, 3.63) is 57.4 Å². The highest BCUT2D eigenvalue weighted by molar-refractivity contribution is 6.34. The number of carbonyl (C=O) groups excluding carboxylic acids is 3. The van der Waals surface area contributed by atoms with Crippen LogP contribution in [0.3, 0.4) is 0 Å². The van der Waals surface area contributed by atoms with Crippen molar-refractivity contribution < 1.29 is 32.3 Å². The number of ether oxygens (including phenoxy) is 1. The van der Waals surface area contributed by atoms with E-state index in [4.69, 9.17) is 21.4 Å². The van der Waals surface area contributed by atoms with Crippen LogP contribution in [0.4, 0.5) is 13.2 Å². The Balaban J connectivity index is 1.38. The minimum Gasteiger partial charge on any atom is -0.460 e. The first kappa shape index (κ1) is 31.8. The van der Waals surface area contributed by atoms with E-state index >= 15 is 0 Å². The molecule has 2 aromatic rings. The predicted molar refractivity (Wildman–Crippen MR) is 163 cm³/mol. The van der Waals surface area contributed by atoms with E-state index in [2.05, 4.69) is 6.92 Å². The van der Waals surface area contributed by atoms with E-state index in [-0.39, 0.29) is 59.1 Å². The Labute approximate surface area is 266 Å². The summed E-state index contributed by atoms with van der Waals surface area (Å²) in [6, 6.07) is 4.22. The SMILES string of the molecule is CC1CN(C(=O)C2CCc3c(C4=CCC(C(=O)OC(C)(C)C)CC4)nn(C(=O)c4c(Cl)cccc4C4(C(F)(F)F)CC4)c3C2)C1. The van der Waals surface area contributed by atoms with Crippen LogP contribution in [-0.2, 0) is 32.6 Å². The summed E-state index contributed by atoms with van der Waals surface area (Å²) in [5, 5.41) is 4.71. The monoisotopic (exact) mass is 645 g/mol. The second kappa shape index (κ2) is 11.3. The largest absolute Gasteiger partial charge is 0.460 e. The minimum absolute atomic E-state index is 0.0324. The Bertz CT molecular complexity index is 1580. The highest BCUT2D eigenvalue weighted by Gasteiger charge is 2.65. The zero-order valence-corrected chi connectivity index (χ0v) is 26.9. The van der Waals surface area contributed by atoms with Crippen molar-refractivity contribution in [2.24, 2.45) is 17.8 Å². The van der Waals surface area contributed by atoms with E-state index in [9.17, 15) is 27.6 Å². The molecule has 1 aromatic heterocycles. The third kappa shape index (κ3) is 5.83. The number of nitrogens with zero attached hydrogens (tertiary/aromatic N) is 3. The summed E-state index contributed by atoms with van der Waals surface area (Å²) in [5.41, 5.74) is -0.171. The maximum Gasteiger partial charge on any atom is 0.398 e. The van der Waals surface area contributed by atoms with Crippen LogP contribution in [0.15, 0.2) is 24.3 Å². The lowest BCUT2D eigenvalue weighted by molar-refractivity contribution is -0.161. The second-order valence-corrected chi connectivity index (χ2v) is 14.7. The lowest BCUT2D eigenvalue weighted by Gasteiger charge is -2.40. The lowest BCUT2D eigenvalue weighted by Crippen LogP contribution is -2.51. The number of rotatable bonds is 5. The van der Waals surface area contributed by atoms with Gasteiger partial charge in [-0.15, -0.1) is 0 Å². The molecule has 2 heterocycles. The van der Waals surface area contributed by atoms with Gasteiger partial charge in [0.05, 0.1) is 33.3 Å². The average Bonchev–Trinajstić information content (AvgIpc) is 3.70. The van der Waals surface area contributed by atoms with E-state index < -0.39 is 23.1 Å². The van der Waals surface area contributed by atoms with Crippen molar-refractivity contribution >= 4 is 35.0 Å². The molecule has 1 aromatic carbocycles. The number of aromatic nitrogens is 2. The van der Waals surface area contributed by atoms with Gasteiger partial charge >= 0.3 is 12.1 Å². The number of carbonyl (C=O) groups is 3. The number of likely N-dealkylation sites (tertiary alicyclic amines) is 1. The number of alkyl halides is 3. The van der Waals surface area contributed by atoms with Gasteiger partial charge in [0.25, 0.3) is 5.91 Å². The van der Waals surface area contributed by atoms with Gasteiger partial charge in [0.2, 0.25) is 5.91 Å². The molecular weight excluding hydrogens is 607 g/mol. The normalized spacial score (nSPS) is 23.1. The number of amides is 1. The predicted octanol–water partition coefficient (Wildman–Crippen LogP) is 6.93. The molecule has 45 heavy (non-hydrogen) atoms. The van der Waals surface area contributed by atoms with Crippen LogP contribution in [0.2, 0.25) is 5.02 Å². The second-order valence-electron chi connectivity index (χ2n) is 14.3. The van der Waals surface area contributed by atoms with Crippen LogP contribution >= 0.6 is 11.6 Å². The Hall–Kier alpha value is -3.14. The Morgan fingerprint density at radius 1 is 1.04 bits per heavy atom. The number of allylic oxidation sites excluding steroid dienone is 2. The summed E-state index contributed by atoms with van der Waals surface area (Å²) in [5.74, 6) is -1.15. The zero-order chi connectivity index (χ0) is 32.5. The molecule has 1 amide bonds. The summed E-state index contributed by atoms with van der Waals surface area (Å²) in [4.78, 5) is 42.2. The minimum atomic E-state index is -4.54. The molecular formula is C34H39ClF3N3O4. The molecule has 11 heteroatoms. The Morgan fingerprint density at radius 2 is 1.73 bits per heavy atom. The standard InChI is InChI=1S/C34H39ClF3N3O4/c1-19-17-40(18-19)29(42)22-12-13-23-26(16-22)41(39-28(23)20-8-10-21(11-9-20)31(44)45-32(2,3)4)30(43)27-24(6-5-7-25(27)35)33(14-15-33)34(36,37)38/h5-8,19,21-22H,9-18H2,1-4H3. The number of esters is 1. The topological polar surface area (TPSA) is 81.5 Å². The maximum atomic E-state index is 14.3. The van der Waals surface area contributed by atoms with Gasteiger partial charge in [0, 0.05) is 31.0 Å². The van der Waals surface area contributed by atoms with Crippen LogP contribution in [-0.4, -0.2) is 57.3 Å². The smallest absolute Gasteiger partial charge is 0.398 e. The fourth-order valence-electron chi connectivity index (χ4n) is 7.11. The van der Waals surface area contributed by atoms with Crippen LogP contribution < -0.4 is 0 Å². The highest BCUT2D eigenvalue weighted by atomic mass is 35.5. The average molecular weight is 646 g/mol. The molecule has 6 rings (SSSR count). The third-order valence-electron chi connectivity index (χ3n) is 9.68. The molecule has 1 aliphatic heterocycles. The van der Waals surface area contributed by atoms with Crippen molar-refractivity contribution in [3.8, 4) is 0 Å². The molecule has 2 fully saturated rings. The molecule has 4 aliphatic rings. The molecule has 1 saturated heterocycles. The summed E-state index contributed by atoms with van der Waals surface area (Å²) in [6.45, 7) is 8.96. The molecule has 0 N–H and O–H groups in total. The highest BCUT2D eigenvalue weighted by Crippen LogP contribution is 2.60. The quantitative estimate of drug-likeness (QED) is 0.330. The van der Waals surface area contributed by atoms with E-state index in [0.717, 1.165) is 11.1 Å². The van der Waals surface area contributed by atoms with Gasteiger partial charge in [0.15, 0.2) is 0 Å². The summed E-state index contributed by atoms with van der Waals surface area (Å²) in [6.07, 6.45) is 0.0809. The number of hydrogen-bond donors (Lipinski definition) is 0. The number of benzene rings is 1. The van der Waals surface area contributed by atoms with E-state index in [1.54, 1.807) is 0 Å². The first-order chi connectivity index (χ1) is 21.1. The van der Waals surface area contributed by atoms with Gasteiger partial charge in [-0.05, 0) is 88.8 Å². The molecule has 3 aliphatic carbocycles. The van der Waals surface area contributed by atoms with Gasteiger partial charge in [-0.3, -0.25) is 14.4 Å². The van der Waals surface area contributed by atoms with Crippen molar-refractivity contribution in [1.29, 1.82) is 0 Å². The summed E-state index contributed by atoms with van der Waals surface area (Å²) < 4.78 is 49.6. The molecule has 7 nitrogen and oxygen atoms in total. The first-order valence-corrected chi connectivity index (χ1v) is 16.2. The van der Waals surface area contributed by atoms with Crippen LogP contribution in [0, 0.1) is 17.8 Å². The number of hydrogen-bond acceptors (Lipinski definition) is 5. The van der Waals surface area contributed by atoms with Gasteiger partial charge < -0.3 is 9.64 Å². The third-order valence-corrected chi connectivity index (χ3v) is 10.00. The van der Waals surface area contributed by atoms with Crippen LogP contribution in [0.1, 0.15) is 99.1 Å². The van der Waals surface area contributed by atoms with Gasteiger partial charge in [-0.2, -0.15) is 23.0 Å². The first-order valence-electron chi connectivity index (χ1n) is 15.8. The summed E-state index contributed by atoms with van der Waals surface area (Å²) >= 11 is 6.50. The van der Waals surface area contributed by atoms with Crippen molar-refractivity contribution in [1.82, 2.24) is 14.7 Å². The van der Waals surface area contributed by atoms with E-state index in [1.807, 2.05) is 31.7 Å². The van der Waals surface area contributed by atoms with E-state index in [1.165, 1.54) is 22.9 Å². The fraction of sp³-hybridized carbons (Fsp3) is 0.588. The Morgan fingerprint density at radius 3 is 2.31 bits per heavy atom. The zero-order valence-electron chi connectivity index (χ0n) is 26.1. The van der Waals surface area contributed by atoms with Crippen molar-refractivity contribution in [2.45, 2.75) is 96.3 Å². The van der Waals surface area contributed by atoms with Gasteiger partial charge in [0.1, 0.15) is 5.60 Å². The number of fused-ring (bicyclic) bond motifs is 1. The van der Waals surface area contributed by atoms with Crippen molar-refractivity contribution in [2.75, 3.05) is 13.1 Å². The molecule has 1 saturated carbocycles. The van der Waals surface area contributed by atoms with Gasteiger partial charge in [-0.1, -0.05) is 36.7 Å². The molecule has 0 spiro atoms. The molecule has 242 valence electrons. The van der Waals surface area contributed by atoms with E-state index in [0.29, 0.717) is 62.5 Å². The Kier molecular flexibility index (Phi) is 7.98. The van der Waals surface area contributed by atoms with Crippen LogP contribution in [0.5, 0.6) is 0 Å². The van der Waals surface area contributed by atoms with Gasteiger partial charge in [-0.25, -0.2) is 0 Å². The lowest BCUT2D eigenvalue weighted by atomic mass is 9.81. The summed E-state index contributed by atoms with van der Waals surface area (Å²) in [7, 11) is 0. The van der Waals surface area contributed by atoms with Crippen LogP contribution in [0.25, 0.3) is 5.57 Å².